The summed E-state index contributed by atoms with van der Waals surface area (Å²) in [5.41, 5.74) is -0.0606. The summed E-state index contributed by atoms with van der Waals surface area (Å²) in [6.07, 6.45) is 0. The number of aliphatic hydroxyl groups excluding tert-OH is 1. The standard InChI is InChI=1S/C9H12N2O3S/c1-6(4-12)5-15-8-3-2-7(9(13)14)10-11-8/h2-3,6,12H,4-5H2,1H3,(H,13,14). The predicted molar refractivity (Wildman–Crippen MR) is 56.0 cm³/mol. The van der Waals surface area contributed by atoms with Gasteiger partial charge < -0.3 is 10.2 Å². The van der Waals surface area contributed by atoms with Crippen LogP contribution in [0.25, 0.3) is 0 Å². The maximum absolute atomic E-state index is 10.5. The van der Waals surface area contributed by atoms with Crippen LogP contribution in [0.3, 0.4) is 0 Å². The van der Waals surface area contributed by atoms with E-state index >= 15 is 0 Å². The lowest BCUT2D eigenvalue weighted by Gasteiger charge is -2.05. The van der Waals surface area contributed by atoms with Crippen molar-refractivity contribution in [2.75, 3.05) is 12.4 Å². The molecule has 0 aromatic carbocycles. The summed E-state index contributed by atoms with van der Waals surface area (Å²) in [6, 6.07) is 3.03. The number of hydrogen-bond acceptors (Lipinski definition) is 5. The summed E-state index contributed by atoms with van der Waals surface area (Å²) in [6.45, 7) is 2.06. The number of thioether (sulfide) groups is 1. The summed E-state index contributed by atoms with van der Waals surface area (Å²) < 4.78 is 0. The van der Waals surface area contributed by atoms with E-state index in [4.69, 9.17) is 10.2 Å². The molecule has 0 spiro atoms. The van der Waals surface area contributed by atoms with E-state index in [-0.39, 0.29) is 18.2 Å². The van der Waals surface area contributed by atoms with Crippen LogP contribution in [0.1, 0.15) is 17.4 Å². The van der Waals surface area contributed by atoms with Crippen LogP contribution in [0.2, 0.25) is 0 Å². The van der Waals surface area contributed by atoms with E-state index in [1.54, 1.807) is 6.07 Å². The zero-order valence-electron chi connectivity index (χ0n) is 8.25. The summed E-state index contributed by atoms with van der Waals surface area (Å²) in [4.78, 5) is 10.5. The van der Waals surface area contributed by atoms with Crippen molar-refractivity contribution in [1.29, 1.82) is 0 Å². The molecular formula is C9H12N2O3S. The van der Waals surface area contributed by atoms with Gasteiger partial charge in [-0.25, -0.2) is 4.79 Å². The fourth-order valence-electron chi connectivity index (χ4n) is 0.791. The van der Waals surface area contributed by atoms with E-state index < -0.39 is 5.97 Å². The summed E-state index contributed by atoms with van der Waals surface area (Å²) in [5, 5.41) is 25.4. The van der Waals surface area contributed by atoms with Gasteiger partial charge in [-0.05, 0) is 18.1 Å². The van der Waals surface area contributed by atoms with Crippen LogP contribution in [0, 0.1) is 5.92 Å². The SMILES string of the molecule is CC(CO)CSc1ccc(C(=O)O)nn1. The normalized spacial score (nSPS) is 12.4. The molecule has 2 N–H and O–H groups in total. The molecule has 1 heterocycles. The number of aromatic carboxylic acids is 1. The molecule has 1 aromatic heterocycles. The molecule has 0 bridgehead atoms. The van der Waals surface area contributed by atoms with Crippen LogP contribution in [-0.2, 0) is 0 Å². The maximum atomic E-state index is 10.5. The third-order valence-corrected chi connectivity index (χ3v) is 2.94. The highest BCUT2D eigenvalue weighted by molar-refractivity contribution is 7.99. The molecule has 0 saturated carbocycles. The van der Waals surface area contributed by atoms with Gasteiger partial charge in [-0.3, -0.25) is 0 Å². The van der Waals surface area contributed by atoms with Crippen LogP contribution in [0.5, 0.6) is 0 Å². The number of hydrogen-bond donors (Lipinski definition) is 2. The molecule has 0 radical (unpaired) electrons. The Bertz CT molecular complexity index is 329. The second-order valence-corrected chi connectivity index (χ2v) is 4.20. The van der Waals surface area contributed by atoms with E-state index in [0.717, 1.165) is 5.75 Å². The van der Waals surface area contributed by atoms with Gasteiger partial charge in [0.2, 0.25) is 0 Å². The molecule has 1 rings (SSSR count). The zero-order valence-corrected chi connectivity index (χ0v) is 9.07. The van der Waals surface area contributed by atoms with Crippen molar-refractivity contribution in [1.82, 2.24) is 10.2 Å². The first kappa shape index (κ1) is 11.9. The average Bonchev–Trinajstić information content (AvgIpc) is 2.26. The Labute approximate surface area is 91.5 Å². The van der Waals surface area contributed by atoms with Crippen LogP contribution < -0.4 is 0 Å². The van der Waals surface area contributed by atoms with Crippen LogP contribution in [0.4, 0.5) is 0 Å². The van der Waals surface area contributed by atoms with Gasteiger partial charge in [0, 0.05) is 12.4 Å². The Hall–Kier alpha value is -1.14. The first-order chi connectivity index (χ1) is 7.13. The smallest absolute Gasteiger partial charge is 0.356 e. The van der Waals surface area contributed by atoms with Crippen LogP contribution in [0.15, 0.2) is 17.2 Å². The topological polar surface area (TPSA) is 83.3 Å². The Morgan fingerprint density at radius 2 is 2.27 bits per heavy atom. The van der Waals surface area contributed by atoms with Crippen molar-refractivity contribution >= 4 is 17.7 Å². The van der Waals surface area contributed by atoms with Crippen LogP contribution >= 0.6 is 11.8 Å². The van der Waals surface area contributed by atoms with Gasteiger partial charge >= 0.3 is 5.97 Å². The number of nitrogens with zero attached hydrogens (tertiary/aromatic N) is 2. The van der Waals surface area contributed by atoms with E-state index in [1.807, 2.05) is 6.92 Å². The first-order valence-electron chi connectivity index (χ1n) is 4.44. The minimum atomic E-state index is -1.08. The van der Waals surface area contributed by atoms with Gasteiger partial charge in [-0.2, -0.15) is 0 Å². The van der Waals surface area contributed by atoms with Crippen LogP contribution in [-0.4, -0.2) is 38.7 Å². The Balaban J connectivity index is 2.53. The molecular weight excluding hydrogens is 216 g/mol. The van der Waals surface area contributed by atoms with E-state index in [0.29, 0.717) is 5.03 Å². The molecule has 0 aliphatic heterocycles. The van der Waals surface area contributed by atoms with Gasteiger partial charge in [-0.1, -0.05) is 6.92 Å². The quantitative estimate of drug-likeness (QED) is 0.728. The van der Waals surface area contributed by atoms with Gasteiger partial charge in [0.05, 0.1) is 0 Å². The number of carboxylic acid groups (broad SMARTS) is 1. The molecule has 15 heavy (non-hydrogen) atoms. The molecule has 0 saturated heterocycles. The number of carboxylic acids is 1. The van der Waals surface area contributed by atoms with Gasteiger partial charge in [-0.15, -0.1) is 22.0 Å². The second-order valence-electron chi connectivity index (χ2n) is 3.16. The molecule has 1 atom stereocenters. The number of aromatic nitrogens is 2. The summed E-state index contributed by atoms with van der Waals surface area (Å²) in [5.74, 6) is -0.156. The summed E-state index contributed by atoms with van der Waals surface area (Å²) >= 11 is 1.45. The van der Waals surface area contributed by atoms with Crippen molar-refractivity contribution in [2.45, 2.75) is 11.9 Å². The minimum Gasteiger partial charge on any atom is -0.476 e. The number of aliphatic hydroxyl groups is 1. The van der Waals surface area contributed by atoms with E-state index in [9.17, 15) is 4.79 Å². The van der Waals surface area contributed by atoms with Gasteiger partial charge in [0.1, 0.15) is 5.03 Å². The Morgan fingerprint density at radius 3 is 2.73 bits per heavy atom. The summed E-state index contributed by atoms with van der Waals surface area (Å²) in [7, 11) is 0. The third-order valence-electron chi connectivity index (χ3n) is 1.69. The Morgan fingerprint density at radius 1 is 1.53 bits per heavy atom. The van der Waals surface area contributed by atoms with Crippen molar-refractivity contribution in [3.8, 4) is 0 Å². The molecule has 6 heteroatoms. The van der Waals surface area contributed by atoms with Crippen molar-refractivity contribution in [3.63, 3.8) is 0 Å². The molecule has 1 aromatic rings. The van der Waals surface area contributed by atoms with Crippen molar-refractivity contribution in [2.24, 2.45) is 5.92 Å². The average molecular weight is 228 g/mol. The third kappa shape index (κ3) is 3.85. The highest BCUT2D eigenvalue weighted by atomic mass is 32.2. The fourth-order valence-corrected chi connectivity index (χ4v) is 1.61. The lowest BCUT2D eigenvalue weighted by molar-refractivity contribution is 0.0689. The number of rotatable bonds is 5. The molecule has 0 aliphatic carbocycles. The molecule has 82 valence electrons. The molecule has 0 fully saturated rings. The zero-order chi connectivity index (χ0) is 11.3. The van der Waals surface area contributed by atoms with Crippen molar-refractivity contribution in [3.05, 3.63) is 17.8 Å². The molecule has 0 aliphatic rings. The molecule has 0 amide bonds. The van der Waals surface area contributed by atoms with E-state index in [2.05, 4.69) is 10.2 Å². The molecule has 5 nitrogen and oxygen atoms in total. The lowest BCUT2D eigenvalue weighted by atomic mass is 10.2. The first-order valence-corrected chi connectivity index (χ1v) is 5.42. The highest BCUT2D eigenvalue weighted by Crippen LogP contribution is 2.17. The number of carbonyl (C=O) groups is 1. The minimum absolute atomic E-state index is 0.0606. The van der Waals surface area contributed by atoms with Crippen molar-refractivity contribution < 1.29 is 15.0 Å². The lowest BCUT2D eigenvalue weighted by Crippen LogP contribution is -2.05. The fraction of sp³-hybridized carbons (Fsp3) is 0.444. The maximum Gasteiger partial charge on any atom is 0.356 e. The second kappa shape index (κ2) is 5.67. The monoisotopic (exact) mass is 228 g/mol. The predicted octanol–water partition coefficient (Wildman–Crippen LogP) is 0.895. The Kier molecular flexibility index (Phi) is 4.51. The molecule has 1 unspecified atom stereocenters. The largest absolute Gasteiger partial charge is 0.476 e. The van der Waals surface area contributed by atoms with Gasteiger partial charge in [0.15, 0.2) is 5.69 Å². The highest BCUT2D eigenvalue weighted by Gasteiger charge is 2.06. The van der Waals surface area contributed by atoms with Gasteiger partial charge in [0.25, 0.3) is 0 Å². The van der Waals surface area contributed by atoms with E-state index in [1.165, 1.54) is 17.8 Å².